The monoisotopic (exact) mass is 451 g/mol. The van der Waals surface area contributed by atoms with Gasteiger partial charge in [0, 0.05) is 38.7 Å². The number of phenolic OH excluding ortho intramolecular Hbond substituents is 1. The van der Waals surface area contributed by atoms with E-state index in [1.165, 1.54) is 24.1 Å². The number of amides is 1. The highest BCUT2D eigenvalue weighted by Gasteiger charge is 2.24. The molecule has 2 aliphatic rings. The smallest absolute Gasteiger partial charge is 0.225 e. The van der Waals surface area contributed by atoms with Gasteiger partial charge in [0.25, 0.3) is 0 Å². The molecular weight excluding hydrogens is 414 g/mol. The molecule has 4 rings (SSSR count). The molecule has 1 heterocycles. The molecule has 1 fully saturated rings. The molecule has 1 aromatic carbocycles. The van der Waals surface area contributed by atoms with E-state index in [0.29, 0.717) is 24.8 Å². The molecule has 1 amide bonds. The highest BCUT2D eigenvalue weighted by atomic mass is 16.3. The van der Waals surface area contributed by atoms with Crippen molar-refractivity contribution < 1.29 is 9.90 Å². The van der Waals surface area contributed by atoms with Crippen LogP contribution in [0.3, 0.4) is 0 Å². The van der Waals surface area contributed by atoms with Crippen molar-refractivity contribution in [3.63, 3.8) is 0 Å². The Hall–Kier alpha value is -2.83. The van der Waals surface area contributed by atoms with Gasteiger partial charge in [0.2, 0.25) is 11.9 Å². The van der Waals surface area contributed by atoms with Crippen molar-refractivity contribution in [2.24, 2.45) is 5.92 Å². The SMILES string of the molecule is CN(C)c1nc(N[C@H]2CC[C@@H](CNC(=O)CCc3ccccc3O)CC2)nc2c1CCCC2. The number of carbonyl (C=O) groups excluding carboxylic acids is 1. The summed E-state index contributed by atoms with van der Waals surface area (Å²) in [6, 6.07) is 7.59. The molecule has 0 atom stereocenters. The van der Waals surface area contributed by atoms with Crippen LogP contribution in [0.2, 0.25) is 0 Å². The van der Waals surface area contributed by atoms with E-state index in [-0.39, 0.29) is 11.7 Å². The standard InChI is InChI=1S/C26H37N5O2/c1-31(2)25-21-8-4-5-9-22(21)29-26(30-25)28-20-14-11-18(12-15-20)17-27-24(33)16-13-19-7-3-6-10-23(19)32/h3,6-7,10,18,20,32H,4-5,8-9,11-17H2,1-2H3,(H,27,33)(H,28,29,30)/t18-,20+. The Balaban J connectivity index is 1.22. The second-order valence-corrected chi connectivity index (χ2v) is 9.69. The summed E-state index contributed by atoms with van der Waals surface area (Å²) in [5, 5.41) is 16.5. The van der Waals surface area contributed by atoms with Crippen LogP contribution in [0.5, 0.6) is 5.75 Å². The van der Waals surface area contributed by atoms with Gasteiger partial charge < -0.3 is 20.6 Å². The van der Waals surface area contributed by atoms with Crippen LogP contribution < -0.4 is 15.5 Å². The molecule has 7 nitrogen and oxygen atoms in total. The number of aromatic nitrogens is 2. The third kappa shape index (κ3) is 6.15. The fourth-order valence-electron chi connectivity index (χ4n) is 5.02. The lowest BCUT2D eigenvalue weighted by atomic mass is 9.86. The van der Waals surface area contributed by atoms with Gasteiger partial charge in [-0.2, -0.15) is 4.98 Å². The lowest BCUT2D eigenvalue weighted by molar-refractivity contribution is -0.121. The van der Waals surface area contributed by atoms with Gasteiger partial charge in [-0.15, -0.1) is 0 Å². The number of para-hydroxylation sites is 1. The number of hydrogen-bond acceptors (Lipinski definition) is 6. The number of aryl methyl sites for hydroxylation is 2. The number of nitrogens with one attached hydrogen (secondary N) is 2. The lowest BCUT2D eigenvalue weighted by Gasteiger charge is -2.30. The van der Waals surface area contributed by atoms with Crippen LogP contribution in [0.1, 0.15) is 61.8 Å². The summed E-state index contributed by atoms with van der Waals surface area (Å²) in [7, 11) is 4.12. The average molecular weight is 452 g/mol. The Morgan fingerprint density at radius 3 is 2.61 bits per heavy atom. The lowest BCUT2D eigenvalue weighted by Crippen LogP contribution is -2.34. The summed E-state index contributed by atoms with van der Waals surface area (Å²) in [5.74, 6) is 2.65. The summed E-state index contributed by atoms with van der Waals surface area (Å²) >= 11 is 0. The molecule has 0 bridgehead atoms. The maximum Gasteiger partial charge on any atom is 0.225 e. The Morgan fingerprint density at radius 1 is 1.09 bits per heavy atom. The minimum absolute atomic E-state index is 0.0529. The summed E-state index contributed by atoms with van der Waals surface area (Å²) < 4.78 is 0. The summed E-state index contributed by atoms with van der Waals surface area (Å²) in [6.45, 7) is 0.729. The van der Waals surface area contributed by atoms with E-state index in [0.717, 1.165) is 62.4 Å². The average Bonchev–Trinajstić information content (AvgIpc) is 2.82. The topological polar surface area (TPSA) is 90.4 Å². The fourth-order valence-corrected chi connectivity index (χ4v) is 5.02. The molecule has 7 heteroatoms. The zero-order valence-electron chi connectivity index (χ0n) is 19.9. The molecule has 178 valence electrons. The number of hydrogen-bond donors (Lipinski definition) is 3. The highest BCUT2D eigenvalue weighted by molar-refractivity contribution is 5.76. The van der Waals surface area contributed by atoms with Gasteiger partial charge in [-0.1, -0.05) is 18.2 Å². The Bertz CT molecular complexity index is 954. The van der Waals surface area contributed by atoms with Gasteiger partial charge in [0.15, 0.2) is 0 Å². The van der Waals surface area contributed by atoms with Crippen LogP contribution in [-0.2, 0) is 24.1 Å². The van der Waals surface area contributed by atoms with Gasteiger partial charge in [-0.25, -0.2) is 4.98 Å². The Labute approximate surface area is 197 Å². The van der Waals surface area contributed by atoms with Crippen LogP contribution in [0, 0.1) is 5.92 Å². The molecule has 3 N–H and O–H groups in total. The van der Waals surface area contributed by atoms with E-state index < -0.39 is 0 Å². The maximum absolute atomic E-state index is 12.3. The zero-order valence-corrected chi connectivity index (χ0v) is 19.9. The second-order valence-electron chi connectivity index (χ2n) is 9.69. The van der Waals surface area contributed by atoms with Crippen LogP contribution in [0.25, 0.3) is 0 Å². The third-order valence-electron chi connectivity index (χ3n) is 6.97. The van der Waals surface area contributed by atoms with Crippen LogP contribution in [-0.4, -0.2) is 47.7 Å². The number of fused-ring (bicyclic) bond motifs is 1. The first-order valence-corrected chi connectivity index (χ1v) is 12.4. The van der Waals surface area contributed by atoms with E-state index in [1.54, 1.807) is 12.1 Å². The molecule has 33 heavy (non-hydrogen) atoms. The predicted octanol–water partition coefficient (Wildman–Crippen LogP) is 3.85. The van der Waals surface area contributed by atoms with E-state index in [9.17, 15) is 9.90 Å². The number of carbonyl (C=O) groups is 1. The van der Waals surface area contributed by atoms with Crippen LogP contribution >= 0.6 is 0 Å². The van der Waals surface area contributed by atoms with Crippen molar-refractivity contribution in [1.29, 1.82) is 0 Å². The van der Waals surface area contributed by atoms with Gasteiger partial charge in [-0.05, 0) is 75.3 Å². The molecule has 0 radical (unpaired) electrons. The Kier molecular flexibility index (Phi) is 7.68. The van der Waals surface area contributed by atoms with Gasteiger partial charge >= 0.3 is 0 Å². The van der Waals surface area contributed by atoms with E-state index in [4.69, 9.17) is 9.97 Å². The van der Waals surface area contributed by atoms with Crippen molar-refractivity contribution in [3.8, 4) is 5.75 Å². The molecule has 1 aromatic heterocycles. The number of benzene rings is 1. The first-order chi connectivity index (χ1) is 16.0. The second kappa shape index (κ2) is 10.9. The first-order valence-electron chi connectivity index (χ1n) is 12.4. The van der Waals surface area contributed by atoms with E-state index >= 15 is 0 Å². The van der Waals surface area contributed by atoms with Crippen molar-refractivity contribution in [1.82, 2.24) is 15.3 Å². The zero-order chi connectivity index (χ0) is 23.2. The van der Waals surface area contributed by atoms with Gasteiger partial charge in [-0.3, -0.25) is 4.79 Å². The molecule has 0 spiro atoms. The van der Waals surface area contributed by atoms with E-state index in [2.05, 4.69) is 29.6 Å². The number of nitrogens with zero attached hydrogens (tertiary/aromatic N) is 3. The minimum atomic E-state index is 0.0529. The third-order valence-corrected chi connectivity index (χ3v) is 6.97. The summed E-state index contributed by atoms with van der Waals surface area (Å²) in [5.41, 5.74) is 3.35. The number of rotatable bonds is 8. The van der Waals surface area contributed by atoms with Crippen molar-refractivity contribution >= 4 is 17.7 Å². The van der Waals surface area contributed by atoms with Gasteiger partial charge in [0.05, 0.1) is 5.69 Å². The quantitative estimate of drug-likeness (QED) is 0.565. The highest BCUT2D eigenvalue weighted by Crippen LogP contribution is 2.30. The van der Waals surface area contributed by atoms with Crippen LogP contribution in [0.4, 0.5) is 11.8 Å². The van der Waals surface area contributed by atoms with E-state index in [1.807, 2.05) is 12.1 Å². The summed E-state index contributed by atoms with van der Waals surface area (Å²) in [4.78, 5) is 24.1. The fraction of sp³-hybridized carbons (Fsp3) is 0.577. The largest absolute Gasteiger partial charge is 0.508 e. The minimum Gasteiger partial charge on any atom is -0.508 e. The molecule has 2 aromatic rings. The predicted molar refractivity (Wildman–Crippen MR) is 132 cm³/mol. The van der Waals surface area contributed by atoms with Crippen LogP contribution in [0.15, 0.2) is 24.3 Å². The normalized spacial score (nSPS) is 20.1. The van der Waals surface area contributed by atoms with Crippen molar-refractivity contribution in [2.45, 2.75) is 70.3 Å². The van der Waals surface area contributed by atoms with Crippen molar-refractivity contribution in [2.75, 3.05) is 30.9 Å². The Morgan fingerprint density at radius 2 is 1.85 bits per heavy atom. The van der Waals surface area contributed by atoms with Gasteiger partial charge in [0.1, 0.15) is 11.6 Å². The maximum atomic E-state index is 12.3. The first kappa shape index (κ1) is 23.3. The molecule has 0 unspecified atom stereocenters. The summed E-state index contributed by atoms with van der Waals surface area (Å²) in [6.07, 6.45) is 9.82. The number of phenols is 1. The van der Waals surface area contributed by atoms with Crippen molar-refractivity contribution in [3.05, 3.63) is 41.1 Å². The number of aromatic hydroxyl groups is 1. The molecule has 1 saturated carbocycles. The molecular formula is C26H37N5O2. The molecule has 2 aliphatic carbocycles. The molecule has 0 aliphatic heterocycles. The molecule has 0 saturated heterocycles. The number of anilines is 2.